The lowest BCUT2D eigenvalue weighted by Gasteiger charge is -2.19. The SMILES string of the molecule is O=C(O)C1CC[N+](=C(O)c2ccccc2-c2c3ccc(=O)cc-3oc3cc(O)ccc23)CC1. The minimum absolute atomic E-state index is 0.0406. The fraction of sp³-hybridized carbons (Fsp3) is 0.192. The molecule has 166 valence electrons. The molecule has 7 nitrogen and oxygen atoms in total. The van der Waals surface area contributed by atoms with E-state index in [1.165, 1.54) is 18.2 Å². The zero-order valence-corrected chi connectivity index (χ0v) is 17.7. The van der Waals surface area contributed by atoms with E-state index in [1.54, 1.807) is 22.8 Å². The van der Waals surface area contributed by atoms with Crippen LogP contribution in [0, 0.1) is 5.92 Å². The standard InChI is InChI=1S/C26H21NO6/c28-16-5-7-20-22(13-16)33-23-14-17(29)6-8-21(23)24(20)18-3-1-2-4-19(18)25(30)27-11-9-15(10-12-27)26(31)32/h1-8,13-15H,9-12H2,(H2,28,29,31,32)/p+1. The number of aliphatic hydroxyl groups excluding tert-OH is 1. The molecule has 1 fully saturated rings. The molecule has 3 N–H and O–H groups in total. The van der Waals surface area contributed by atoms with Crippen molar-refractivity contribution in [3.05, 3.63) is 76.5 Å². The van der Waals surface area contributed by atoms with Crippen molar-refractivity contribution in [1.82, 2.24) is 0 Å². The molecule has 0 radical (unpaired) electrons. The summed E-state index contributed by atoms with van der Waals surface area (Å²) in [4.78, 5) is 23.3. The maximum Gasteiger partial charge on any atom is 0.368 e. The van der Waals surface area contributed by atoms with Crippen molar-refractivity contribution in [2.24, 2.45) is 5.92 Å². The Morgan fingerprint density at radius 3 is 2.45 bits per heavy atom. The van der Waals surface area contributed by atoms with Crippen LogP contribution in [-0.2, 0) is 4.79 Å². The number of hydrogen-bond donors (Lipinski definition) is 3. The predicted molar refractivity (Wildman–Crippen MR) is 123 cm³/mol. The summed E-state index contributed by atoms with van der Waals surface area (Å²) in [6.45, 7) is 0.881. The number of hydrogen-bond acceptors (Lipinski definition) is 4. The molecule has 0 aromatic heterocycles. The fourth-order valence-corrected chi connectivity index (χ4v) is 4.55. The van der Waals surface area contributed by atoms with Crippen molar-refractivity contribution in [2.45, 2.75) is 12.8 Å². The van der Waals surface area contributed by atoms with Crippen LogP contribution >= 0.6 is 0 Å². The summed E-state index contributed by atoms with van der Waals surface area (Å²) >= 11 is 0. The lowest BCUT2D eigenvalue weighted by molar-refractivity contribution is -0.546. The van der Waals surface area contributed by atoms with Crippen LogP contribution in [0.15, 0.2) is 69.9 Å². The third kappa shape index (κ3) is 3.71. The highest BCUT2D eigenvalue weighted by molar-refractivity contribution is 6.07. The van der Waals surface area contributed by atoms with Gasteiger partial charge in [0.25, 0.3) is 0 Å². The Morgan fingerprint density at radius 2 is 1.70 bits per heavy atom. The molecule has 0 spiro atoms. The first kappa shape index (κ1) is 20.8. The Hall–Kier alpha value is -4.13. The number of carboxylic acid groups (broad SMARTS) is 1. The number of benzene rings is 3. The van der Waals surface area contributed by atoms with E-state index < -0.39 is 11.9 Å². The molecule has 0 bridgehead atoms. The second-order valence-corrected chi connectivity index (χ2v) is 8.28. The van der Waals surface area contributed by atoms with E-state index in [1.807, 2.05) is 24.3 Å². The van der Waals surface area contributed by atoms with E-state index in [0.717, 1.165) is 16.5 Å². The monoisotopic (exact) mass is 444 g/mol. The van der Waals surface area contributed by atoms with Gasteiger partial charge in [0.05, 0.1) is 11.5 Å². The summed E-state index contributed by atoms with van der Waals surface area (Å²) in [5.74, 6) is -0.704. The summed E-state index contributed by atoms with van der Waals surface area (Å²) in [5, 5.41) is 31.2. The number of piperidine rings is 1. The number of fused-ring (bicyclic) bond motifs is 2. The van der Waals surface area contributed by atoms with Gasteiger partial charge in [0.1, 0.15) is 30.2 Å². The van der Waals surface area contributed by atoms with E-state index in [-0.39, 0.29) is 17.1 Å². The van der Waals surface area contributed by atoms with Gasteiger partial charge >= 0.3 is 11.9 Å². The number of aliphatic hydroxyl groups is 1. The molecule has 2 aromatic rings. The van der Waals surface area contributed by atoms with E-state index >= 15 is 0 Å². The van der Waals surface area contributed by atoms with Crippen LogP contribution in [0.2, 0.25) is 0 Å². The van der Waals surface area contributed by atoms with Gasteiger partial charge in [0.15, 0.2) is 5.43 Å². The third-order valence-electron chi connectivity index (χ3n) is 6.26. The molecular formula is C26H22NO6+. The number of carboxylic acids is 1. The first-order valence-electron chi connectivity index (χ1n) is 10.8. The molecule has 2 aliphatic heterocycles. The van der Waals surface area contributed by atoms with Gasteiger partial charge < -0.3 is 19.7 Å². The first-order valence-corrected chi connectivity index (χ1v) is 10.8. The quantitative estimate of drug-likeness (QED) is 0.249. The van der Waals surface area contributed by atoms with Crippen molar-refractivity contribution < 1.29 is 29.1 Å². The van der Waals surface area contributed by atoms with Crippen LogP contribution in [-0.4, -0.2) is 44.9 Å². The third-order valence-corrected chi connectivity index (χ3v) is 6.26. The Labute approximate surface area is 188 Å². The molecule has 5 rings (SSSR count). The van der Waals surface area contributed by atoms with Gasteiger partial charge in [-0.25, -0.2) is 0 Å². The number of phenolic OH excluding ortho intramolecular Hbond substituents is 1. The van der Waals surface area contributed by atoms with E-state index in [9.17, 15) is 24.9 Å². The van der Waals surface area contributed by atoms with Gasteiger partial charge in [-0.2, -0.15) is 4.58 Å². The number of aliphatic carboxylic acids is 1. The Balaban J connectivity index is 1.73. The van der Waals surface area contributed by atoms with Crippen molar-refractivity contribution in [3.8, 4) is 28.2 Å². The van der Waals surface area contributed by atoms with Crippen molar-refractivity contribution in [2.75, 3.05) is 13.1 Å². The largest absolute Gasteiger partial charge is 0.508 e. The molecule has 1 aliphatic carbocycles. The summed E-state index contributed by atoms with van der Waals surface area (Å²) in [6.07, 6.45) is 0.923. The molecule has 0 saturated carbocycles. The Kier molecular flexibility index (Phi) is 5.09. The highest BCUT2D eigenvalue weighted by Gasteiger charge is 2.31. The minimum Gasteiger partial charge on any atom is -0.508 e. The van der Waals surface area contributed by atoms with Gasteiger partial charge in [0.2, 0.25) is 0 Å². The summed E-state index contributed by atoms with van der Waals surface area (Å²) in [5.41, 5.74) is 3.04. The van der Waals surface area contributed by atoms with Crippen LogP contribution in [0.5, 0.6) is 5.75 Å². The lowest BCUT2D eigenvalue weighted by Crippen LogP contribution is -2.34. The molecule has 0 amide bonds. The van der Waals surface area contributed by atoms with Crippen LogP contribution in [0.4, 0.5) is 0 Å². The maximum absolute atomic E-state index is 12.0. The first-order chi connectivity index (χ1) is 15.9. The zero-order chi connectivity index (χ0) is 23.1. The molecule has 0 atom stereocenters. The summed E-state index contributed by atoms with van der Waals surface area (Å²) in [6, 6.07) is 16.8. The van der Waals surface area contributed by atoms with Crippen LogP contribution in [0.1, 0.15) is 18.4 Å². The second-order valence-electron chi connectivity index (χ2n) is 8.28. The summed E-state index contributed by atoms with van der Waals surface area (Å²) in [7, 11) is 0. The van der Waals surface area contributed by atoms with Crippen LogP contribution < -0.4 is 5.43 Å². The van der Waals surface area contributed by atoms with Gasteiger partial charge in [-0.1, -0.05) is 18.2 Å². The van der Waals surface area contributed by atoms with Gasteiger partial charge in [0, 0.05) is 47.1 Å². The Bertz CT molecular complexity index is 1440. The highest BCUT2D eigenvalue weighted by atomic mass is 16.4. The average molecular weight is 444 g/mol. The van der Waals surface area contributed by atoms with Gasteiger partial charge in [-0.3, -0.25) is 9.59 Å². The lowest BCUT2D eigenvalue weighted by atomic mass is 9.90. The number of nitrogens with zero attached hydrogens (tertiary/aromatic N) is 1. The van der Waals surface area contributed by atoms with E-state index in [0.29, 0.717) is 48.4 Å². The fourth-order valence-electron chi connectivity index (χ4n) is 4.55. The number of carbonyl (C=O) groups is 1. The number of aromatic hydroxyl groups is 1. The predicted octanol–water partition coefficient (Wildman–Crippen LogP) is 4.08. The Morgan fingerprint density at radius 1 is 0.939 bits per heavy atom. The normalized spacial score (nSPS) is 16.2. The summed E-state index contributed by atoms with van der Waals surface area (Å²) < 4.78 is 7.73. The van der Waals surface area contributed by atoms with Crippen molar-refractivity contribution in [3.63, 3.8) is 0 Å². The van der Waals surface area contributed by atoms with Crippen molar-refractivity contribution >= 4 is 22.8 Å². The van der Waals surface area contributed by atoms with E-state index in [2.05, 4.69) is 0 Å². The number of rotatable bonds is 3. The number of phenols is 1. The van der Waals surface area contributed by atoms with Gasteiger partial charge in [-0.05, 0) is 30.3 Å². The van der Waals surface area contributed by atoms with Gasteiger partial charge in [-0.15, -0.1) is 0 Å². The highest BCUT2D eigenvalue weighted by Crippen LogP contribution is 2.41. The van der Waals surface area contributed by atoms with E-state index in [4.69, 9.17) is 4.42 Å². The van der Waals surface area contributed by atoms with Crippen molar-refractivity contribution in [1.29, 1.82) is 0 Å². The molecule has 7 heteroatoms. The molecule has 2 heterocycles. The molecular weight excluding hydrogens is 422 g/mol. The molecule has 0 unspecified atom stereocenters. The van der Waals surface area contributed by atoms with Crippen LogP contribution in [0.25, 0.3) is 33.4 Å². The zero-order valence-electron chi connectivity index (χ0n) is 17.7. The average Bonchev–Trinajstić information content (AvgIpc) is 2.82. The molecule has 3 aliphatic rings. The minimum atomic E-state index is -0.804. The van der Waals surface area contributed by atoms with Crippen LogP contribution in [0.3, 0.4) is 0 Å². The molecule has 1 saturated heterocycles. The maximum atomic E-state index is 12.0. The topological polar surface area (TPSA) is 111 Å². The second kappa shape index (κ2) is 8.09. The molecule has 2 aromatic carbocycles. The smallest absolute Gasteiger partial charge is 0.368 e. The molecule has 33 heavy (non-hydrogen) atoms.